The van der Waals surface area contributed by atoms with Crippen LogP contribution in [0.25, 0.3) is 11.0 Å². The van der Waals surface area contributed by atoms with Crippen molar-refractivity contribution in [3.63, 3.8) is 0 Å². The quantitative estimate of drug-likeness (QED) is 0.154. The van der Waals surface area contributed by atoms with Crippen LogP contribution in [0.1, 0.15) is 17.2 Å². The summed E-state index contributed by atoms with van der Waals surface area (Å²) in [6.45, 7) is -0.0558. The maximum atomic E-state index is 11.7. The van der Waals surface area contributed by atoms with Crippen LogP contribution in [0.2, 0.25) is 0 Å². The van der Waals surface area contributed by atoms with E-state index in [9.17, 15) is 34.1 Å². The average molecular weight is 457 g/mol. The number of halogens is 1. The standard InChI is InChI=1S/C17H17N4O7P.ClH/c22-16-17(23)20-15-11(6-12(21(24)25)7-13(15)19-16)8-18-14(9-29(26,27)28)10-4-2-1-3-5-10;/h1-7,14,18H,8-9H2,(H,19,22)(H,20,23)(H2,26,27,28);1H. The summed E-state index contributed by atoms with van der Waals surface area (Å²) in [7, 11) is -4.37. The molecular formula is C17H18ClN4O7P. The lowest BCUT2D eigenvalue weighted by Gasteiger charge is -2.20. The highest BCUT2D eigenvalue weighted by Crippen LogP contribution is 2.39. The summed E-state index contributed by atoms with van der Waals surface area (Å²) in [4.78, 5) is 57.3. The van der Waals surface area contributed by atoms with Gasteiger partial charge in [-0.15, -0.1) is 12.4 Å². The summed E-state index contributed by atoms with van der Waals surface area (Å²) in [6.07, 6.45) is -0.489. The van der Waals surface area contributed by atoms with Crippen molar-refractivity contribution in [3.8, 4) is 0 Å². The predicted molar refractivity (Wildman–Crippen MR) is 112 cm³/mol. The Bertz CT molecular complexity index is 1220. The molecule has 1 atom stereocenters. The first-order valence-electron chi connectivity index (χ1n) is 8.40. The van der Waals surface area contributed by atoms with E-state index in [4.69, 9.17) is 0 Å². The normalized spacial score (nSPS) is 12.3. The molecule has 0 spiro atoms. The molecule has 1 aromatic heterocycles. The van der Waals surface area contributed by atoms with Crippen LogP contribution >= 0.6 is 20.0 Å². The van der Waals surface area contributed by atoms with E-state index in [1.165, 1.54) is 6.07 Å². The summed E-state index contributed by atoms with van der Waals surface area (Å²) >= 11 is 0. The lowest BCUT2D eigenvalue weighted by Crippen LogP contribution is -2.30. The van der Waals surface area contributed by atoms with Gasteiger partial charge in [0.25, 0.3) is 5.69 Å². The first kappa shape index (κ1) is 23.5. The zero-order valence-corrected chi connectivity index (χ0v) is 17.0. The highest BCUT2D eigenvalue weighted by Gasteiger charge is 2.23. The first-order valence-corrected chi connectivity index (χ1v) is 10.2. The number of aromatic amines is 2. The summed E-state index contributed by atoms with van der Waals surface area (Å²) in [5.41, 5.74) is -0.990. The molecule has 13 heteroatoms. The van der Waals surface area contributed by atoms with Gasteiger partial charge in [-0.1, -0.05) is 30.3 Å². The number of aromatic nitrogens is 2. The number of nitrogens with one attached hydrogen (secondary N) is 3. The number of rotatable bonds is 7. The van der Waals surface area contributed by atoms with Gasteiger partial charge in [0.1, 0.15) is 0 Å². The van der Waals surface area contributed by atoms with Gasteiger partial charge >= 0.3 is 18.7 Å². The third kappa shape index (κ3) is 5.62. The van der Waals surface area contributed by atoms with Crippen LogP contribution in [0.3, 0.4) is 0 Å². The molecule has 5 N–H and O–H groups in total. The molecule has 0 saturated heterocycles. The van der Waals surface area contributed by atoms with E-state index in [0.717, 1.165) is 6.07 Å². The fourth-order valence-electron chi connectivity index (χ4n) is 2.97. The van der Waals surface area contributed by atoms with Gasteiger partial charge in [0.05, 0.1) is 22.1 Å². The fraction of sp³-hybridized carbons (Fsp3) is 0.176. The van der Waals surface area contributed by atoms with Gasteiger partial charge in [-0.05, 0) is 11.1 Å². The van der Waals surface area contributed by atoms with E-state index in [1.54, 1.807) is 30.3 Å². The molecule has 0 radical (unpaired) electrons. The van der Waals surface area contributed by atoms with E-state index >= 15 is 0 Å². The number of hydrogen-bond acceptors (Lipinski definition) is 6. The minimum Gasteiger partial charge on any atom is -0.324 e. The topological polar surface area (TPSA) is 178 Å². The molecule has 2 aromatic carbocycles. The molecule has 3 aromatic rings. The second kappa shape index (κ2) is 9.33. The van der Waals surface area contributed by atoms with Gasteiger partial charge in [-0.3, -0.25) is 24.3 Å². The Kier molecular flexibility index (Phi) is 7.30. The molecule has 1 heterocycles. The number of fused-ring (bicyclic) bond motifs is 1. The third-order valence-electron chi connectivity index (χ3n) is 4.27. The summed E-state index contributed by atoms with van der Waals surface area (Å²) in [5.74, 6) is 0. The number of hydrogen-bond donors (Lipinski definition) is 5. The number of nitro benzene ring substituents is 1. The Morgan fingerprint density at radius 2 is 1.73 bits per heavy atom. The Balaban J connectivity index is 0.00000320. The lowest BCUT2D eigenvalue weighted by atomic mass is 10.1. The molecule has 0 fully saturated rings. The largest absolute Gasteiger partial charge is 0.327 e. The molecule has 1 unspecified atom stereocenters. The van der Waals surface area contributed by atoms with E-state index in [1.807, 2.05) is 0 Å². The Labute approximate surface area is 174 Å². The number of non-ortho nitro benzene ring substituents is 1. The first-order chi connectivity index (χ1) is 13.6. The molecule has 3 rings (SSSR count). The molecule has 0 saturated carbocycles. The Hall–Kier alpha value is -2.82. The van der Waals surface area contributed by atoms with Crippen molar-refractivity contribution in [2.75, 3.05) is 6.16 Å². The average Bonchev–Trinajstić information content (AvgIpc) is 2.65. The van der Waals surface area contributed by atoms with Crippen LogP contribution < -0.4 is 16.4 Å². The highest BCUT2D eigenvalue weighted by molar-refractivity contribution is 7.51. The second-order valence-electron chi connectivity index (χ2n) is 6.38. The predicted octanol–water partition coefficient (Wildman–Crippen LogP) is 1.55. The number of H-pyrrole nitrogens is 2. The van der Waals surface area contributed by atoms with Crippen molar-refractivity contribution in [1.82, 2.24) is 15.3 Å². The lowest BCUT2D eigenvalue weighted by molar-refractivity contribution is -0.384. The van der Waals surface area contributed by atoms with Gasteiger partial charge in [0, 0.05) is 24.7 Å². The number of nitro groups is 1. The van der Waals surface area contributed by atoms with Crippen LogP contribution in [0, 0.1) is 10.1 Å². The minimum atomic E-state index is -4.37. The molecule has 11 nitrogen and oxygen atoms in total. The molecule has 0 aliphatic carbocycles. The Morgan fingerprint density at radius 3 is 2.33 bits per heavy atom. The van der Waals surface area contributed by atoms with Crippen molar-refractivity contribution in [3.05, 3.63) is 84.4 Å². The van der Waals surface area contributed by atoms with Crippen LogP contribution in [0.5, 0.6) is 0 Å². The molecule has 0 aliphatic heterocycles. The molecule has 160 valence electrons. The van der Waals surface area contributed by atoms with Crippen LogP contribution in [0.15, 0.2) is 52.1 Å². The smallest absolute Gasteiger partial charge is 0.324 e. The molecule has 0 amide bonds. The summed E-state index contributed by atoms with van der Waals surface area (Å²) in [6, 6.07) is 10.2. The summed E-state index contributed by atoms with van der Waals surface area (Å²) < 4.78 is 11.5. The molecule has 30 heavy (non-hydrogen) atoms. The van der Waals surface area contributed by atoms with E-state index in [2.05, 4.69) is 15.3 Å². The highest BCUT2D eigenvalue weighted by atomic mass is 35.5. The molecule has 0 bridgehead atoms. The minimum absolute atomic E-state index is 0. The van der Waals surface area contributed by atoms with Crippen molar-refractivity contribution in [2.45, 2.75) is 12.6 Å². The molecule has 0 aliphatic rings. The van der Waals surface area contributed by atoms with Gasteiger partial charge in [0.2, 0.25) is 0 Å². The van der Waals surface area contributed by atoms with Crippen molar-refractivity contribution in [2.24, 2.45) is 0 Å². The molecular weight excluding hydrogens is 439 g/mol. The van der Waals surface area contributed by atoms with Gasteiger partial charge in [-0.25, -0.2) is 0 Å². The number of benzene rings is 2. The maximum absolute atomic E-state index is 11.7. The van der Waals surface area contributed by atoms with Crippen LogP contribution in [0.4, 0.5) is 5.69 Å². The van der Waals surface area contributed by atoms with Crippen LogP contribution in [-0.4, -0.2) is 30.8 Å². The maximum Gasteiger partial charge on any atom is 0.327 e. The zero-order valence-electron chi connectivity index (χ0n) is 15.3. The second-order valence-corrected chi connectivity index (χ2v) is 8.08. The SMILES string of the molecule is Cl.O=c1[nH]c2cc([N+](=O)[O-])cc(CNC(CP(=O)(O)O)c3ccccc3)c2[nH]c1=O. The van der Waals surface area contributed by atoms with Crippen molar-refractivity contribution >= 4 is 36.7 Å². The van der Waals surface area contributed by atoms with Gasteiger partial charge in [0.15, 0.2) is 0 Å². The summed E-state index contributed by atoms with van der Waals surface area (Å²) in [5, 5.41) is 14.2. The van der Waals surface area contributed by atoms with Crippen molar-refractivity contribution in [1.29, 1.82) is 0 Å². The third-order valence-corrected chi connectivity index (χ3v) is 5.11. The van der Waals surface area contributed by atoms with Gasteiger partial charge in [-0.2, -0.15) is 0 Å². The van der Waals surface area contributed by atoms with Crippen LogP contribution in [-0.2, 0) is 11.1 Å². The Morgan fingerprint density at radius 1 is 1.10 bits per heavy atom. The monoisotopic (exact) mass is 456 g/mol. The number of nitrogens with zero attached hydrogens (tertiary/aromatic N) is 1. The zero-order chi connectivity index (χ0) is 21.2. The van der Waals surface area contributed by atoms with E-state index in [0.29, 0.717) is 5.56 Å². The van der Waals surface area contributed by atoms with E-state index < -0.39 is 35.8 Å². The van der Waals surface area contributed by atoms with E-state index in [-0.39, 0.29) is 41.2 Å². The van der Waals surface area contributed by atoms with Crippen molar-refractivity contribution < 1.29 is 19.3 Å². The van der Waals surface area contributed by atoms with Gasteiger partial charge < -0.3 is 25.1 Å². The fourth-order valence-corrected chi connectivity index (χ4v) is 3.79.